The van der Waals surface area contributed by atoms with Gasteiger partial charge in [-0.2, -0.15) is 0 Å². The normalized spacial score (nSPS) is 31.0. The molecule has 3 N–H and O–H groups in total. The first-order valence-corrected chi connectivity index (χ1v) is 8.06. The second-order valence-corrected chi connectivity index (χ2v) is 6.93. The predicted octanol–water partition coefficient (Wildman–Crippen LogP) is 1.85. The molecule has 1 heterocycles. The number of hydrogen-bond acceptors (Lipinski definition) is 6. The molecule has 0 amide bonds. The van der Waals surface area contributed by atoms with Crippen molar-refractivity contribution in [1.82, 2.24) is 0 Å². The van der Waals surface area contributed by atoms with Gasteiger partial charge in [-0.15, -0.1) is 0 Å². The molecule has 128 valence electrons. The lowest BCUT2D eigenvalue weighted by atomic mass is 9.77. The van der Waals surface area contributed by atoms with Crippen molar-refractivity contribution in [3.63, 3.8) is 0 Å². The van der Waals surface area contributed by atoms with E-state index in [1.54, 1.807) is 25.1 Å². The number of carbonyl (C=O) groups excluding carboxylic acids is 1. The van der Waals surface area contributed by atoms with E-state index in [1.165, 1.54) is 13.2 Å². The first-order valence-electron chi connectivity index (χ1n) is 8.06. The van der Waals surface area contributed by atoms with E-state index in [-0.39, 0.29) is 17.1 Å². The number of phenolic OH excluding ortho intramolecular Hbond substituents is 1. The van der Waals surface area contributed by atoms with E-state index >= 15 is 0 Å². The summed E-state index contributed by atoms with van der Waals surface area (Å²) in [6, 6.07) is 6.50. The van der Waals surface area contributed by atoms with Crippen LogP contribution in [0.5, 0.6) is 11.5 Å². The third-order valence-corrected chi connectivity index (χ3v) is 5.66. The van der Waals surface area contributed by atoms with E-state index in [4.69, 9.17) is 9.47 Å². The van der Waals surface area contributed by atoms with Crippen molar-refractivity contribution in [2.75, 3.05) is 7.11 Å². The zero-order valence-electron chi connectivity index (χ0n) is 13.6. The van der Waals surface area contributed by atoms with Gasteiger partial charge < -0.3 is 24.8 Å². The highest BCUT2D eigenvalue weighted by molar-refractivity contribution is 6.24. The van der Waals surface area contributed by atoms with Crippen LogP contribution in [0.25, 0.3) is 11.1 Å². The number of ketones is 1. The van der Waals surface area contributed by atoms with Crippen LogP contribution in [0.4, 0.5) is 0 Å². The Balaban J connectivity index is 1.86. The zero-order chi connectivity index (χ0) is 17.7. The summed E-state index contributed by atoms with van der Waals surface area (Å²) < 4.78 is 10.9. The van der Waals surface area contributed by atoms with Crippen LogP contribution in [0, 0.1) is 0 Å². The summed E-state index contributed by atoms with van der Waals surface area (Å²) in [5.74, 6) is 0.0454. The highest BCUT2D eigenvalue weighted by Gasteiger charge is 2.66. The second kappa shape index (κ2) is 4.40. The maximum absolute atomic E-state index is 13.0. The summed E-state index contributed by atoms with van der Waals surface area (Å²) in [6.45, 7) is 1.71. The molecule has 2 aromatic rings. The smallest absolute Gasteiger partial charge is 0.194 e. The summed E-state index contributed by atoms with van der Waals surface area (Å²) in [5, 5.41) is 32.0. The Morgan fingerprint density at radius 2 is 1.96 bits per heavy atom. The summed E-state index contributed by atoms with van der Waals surface area (Å²) in [4.78, 5) is 13.0. The molecule has 5 rings (SSSR count). The highest BCUT2D eigenvalue weighted by atomic mass is 16.6. The van der Waals surface area contributed by atoms with Crippen LogP contribution in [0.15, 0.2) is 24.3 Å². The summed E-state index contributed by atoms with van der Waals surface area (Å²) in [6.07, 6.45) is -2.63. The van der Waals surface area contributed by atoms with Crippen molar-refractivity contribution in [1.29, 1.82) is 0 Å². The largest absolute Gasteiger partial charge is 0.507 e. The van der Waals surface area contributed by atoms with E-state index in [2.05, 4.69) is 0 Å². The molecule has 0 aromatic heterocycles. The molecule has 0 spiro atoms. The number of fused-ring (bicyclic) bond motifs is 6. The summed E-state index contributed by atoms with van der Waals surface area (Å²) in [7, 11) is 1.50. The van der Waals surface area contributed by atoms with E-state index in [1.807, 2.05) is 0 Å². The Morgan fingerprint density at radius 3 is 2.68 bits per heavy atom. The second-order valence-electron chi connectivity index (χ2n) is 6.93. The third kappa shape index (κ3) is 1.57. The van der Waals surface area contributed by atoms with Gasteiger partial charge in [-0.3, -0.25) is 4.79 Å². The molecule has 0 radical (unpaired) electrons. The number of aliphatic hydroxyl groups excluding tert-OH is 2. The van der Waals surface area contributed by atoms with Gasteiger partial charge in [0, 0.05) is 27.8 Å². The van der Waals surface area contributed by atoms with E-state index in [0.29, 0.717) is 33.6 Å². The van der Waals surface area contributed by atoms with E-state index in [0.717, 1.165) is 0 Å². The lowest BCUT2D eigenvalue weighted by Crippen LogP contribution is -2.32. The molecule has 1 saturated heterocycles. The van der Waals surface area contributed by atoms with E-state index in [9.17, 15) is 20.1 Å². The molecule has 2 aromatic carbocycles. The van der Waals surface area contributed by atoms with Gasteiger partial charge in [0.25, 0.3) is 0 Å². The standard InChI is InChI=1S/C19H16O6/c1-19-17(23)8-6-9(20)13-11-7(4-3-5-10(11)24-2)15(21)14(13)12(8)16(22)18(19)25-19/h3-6,16-18,20,22-23H,1-2H3. The first kappa shape index (κ1) is 14.9. The van der Waals surface area contributed by atoms with Crippen molar-refractivity contribution in [3.05, 3.63) is 46.5 Å². The number of epoxide rings is 1. The van der Waals surface area contributed by atoms with Gasteiger partial charge in [-0.25, -0.2) is 0 Å². The number of benzene rings is 2. The number of hydrogen-bond donors (Lipinski definition) is 3. The number of phenols is 1. The molecule has 4 atom stereocenters. The van der Waals surface area contributed by atoms with Crippen LogP contribution < -0.4 is 4.74 Å². The molecule has 3 aliphatic rings. The Morgan fingerprint density at radius 1 is 1.20 bits per heavy atom. The minimum absolute atomic E-state index is 0.126. The lowest BCUT2D eigenvalue weighted by Gasteiger charge is -2.29. The van der Waals surface area contributed by atoms with Crippen LogP contribution in [0.1, 0.15) is 46.2 Å². The van der Waals surface area contributed by atoms with Gasteiger partial charge in [0.1, 0.15) is 35.4 Å². The number of rotatable bonds is 1. The maximum Gasteiger partial charge on any atom is 0.194 e. The van der Waals surface area contributed by atoms with Gasteiger partial charge in [-0.1, -0.05) is 12.1 Å². The van der Waals surface area contributed by atoms with Crippen LogP contribution >= 0.6 is 0 Å². The SMILES string of the molecule is COc1cccc2c1-c1c(O)cc3c(c1C2=O)C(O)C1OC1(C)C3O. The Kier molecular flexibility index (Phi) is 2.62. The molecule has 4 unspecified atom stereocenters. The Hall–Kier alpha value is -2.41. The molecule has 6 heteroatoms. The average Bonchev–Trinajstić information content (AvgIpc) is 3.22. The van der Waals surface area contributed by atoms with E-state index < -0.39 is 23.9 Å². The van der Waals surface area contributed by atoms with Gasteiger partial charge in [-0.05, 0) is 24.6 Å². The van der Waals surface area contributed by atoms with Crippen molar-refractivity contribution < 1.29 is 29.6 Å². The molecule has 2 aliphatic carbocycles. The first-order chi connectivity index (χ1) is 11.9. The van der Waals surface area contributed by atoms with Crippen molar-refractivity contribution in [2.24, 2.45) is 0 Å². The molecule has 0 saturated carbocycles. The topological polar surface area (TPSA) is 99.5 Å². The number of ether oxygens (including phenoxy) is 2. The third-order valence-electron chi connectivity index (χ3n) is 5.66. The van der Waals surface area contributed by atoms with Gasteiger partial charge >= 0.3 is 0 Å². The van der Waals surface area contributed by atoms with Crippen molar-refractivity contribution in [2.45, 2.75) is 30.8 Å². The minimum Gasteiger partial charge on any atom is -0.507 e. The fourth-order valence-electron chi connectivity index (χ4n) is 4.32. The van der Waals surface area contributed by atoms with Crippen molar-refractivity contribution in [3.8, 4) is 22.6 Å². The van der Waals surface area contributed by atoms with Crippen LogP contribution in [-0.4, -0.2) is 39.9 Å². The van der Waals surface area contributed by atoms with Gasteiger partial charge in [0.15, 0.2) is 5.78 Å². The van der Waals surface area contributed by atoms with Crippen LogP contribution in [0.3, 0.4) is 0 Å². The molecule has 0 bridgehead atoms. The summed E-state index contributed by atoms with van der Waals surface area (Å²) in [5.41, 5.74) is 1.26. The molecule has 25 heavy (non-hydrogen) atoms. The molecular weight excluding hydrogens is 324 g/mol. The number of carbonyl (C=O) groups is 1. The Bertz CT molecular complexity index is 965. The van der Waals surface area contributed by atoms with Crippen molar-refractivity contribution >= 4 is 5.78 Å². The number of aliphatic hydroxyl groups is 2. The predicted molar refractivity (Wildman–Crippen MR) is 86.7 cm³/mol. The average molecular weight is 340 g/mol. The fraction of sp³-hybridized carbons (Fsp3) is 0.316. The molecule has 1 fully saturated rings. The number of aromatic hydroxyl groups is 1. The molecule has 1 aliphatic heterocycles. The quantitative estimate of drug-likeness (QED) is 0.585. The monoisotopic (exact) mass is 340 g/mol. The van der Waals surface area contributed by atoms with Crippen LogP contribution in [-0.2, 0) is 4.74 Å². The highest BCUT2D eigenvalue weighted by Crippen LogP contribution is 2.61. The van der Waals surface area contributed by atoms with Gasteiger partial charge in [0.2, 0.25) is 0 Å². The lowest BCUT2D eigenvalue weighted by molar-refractivity contribution is 0.0765. The summed E-state index contributed by atoms with van der Waals surface area (Å²) >= 11 is 0. The van der Waals surface area contributed by atoms with Crippen LogP contribution in [0.2, 0.25) is 0 Å². The van der Waals surface area contributed by atoms with Gasteiger partial charge in [0.05, 0.1) is 7.11 Å². The molecular formula is C19H16O6. The maximum atomic E-state index is 13.0. The Labute approximate surface area is 143 Å². The zero-order valence-corrected chi connectivity index (χ0v) is 13.6. The fourth-order valence-corrected chi connectivity index (χ4v) is 4.32. The minimum atomic E-state index is -1.04. The number of methoxy groups -OCH3 is 1. The molecule has 6 nitrogen and oxygen atoms in total.